The minimum Gasteiger partial charge on any atom is -0.340 e. The SMILES string of the molecule is Cc1c(-c2ccccc2)c2c(Nc3cccc(Cl)c3)ncnc2n1Cc1ccccc1. The maximum atomic E-state index is 6.20. The van der Waals surface area contributed by atoms with Crippen LogP contribution < -0.4 is 5.32 Å². The molecule has 0 unspecified atom stereocenters. The van der Waals surface area contributed by atoms with E-state index in [9.17, 15) is 0 Å². The minimum absolute atomic E-state index is 0.677. The van der Waals surface area contributed by atoms with Gasteiger partial charge in [0.05, 0.1) is 5.39 Å². The van der Waals surface area contributed by atoms with Crippen molar-refractivity contribution in [2.24, 2.45) is 0 Å². The topological polar surface area (TPSA) is 42.7 Å². The Bertz CT molecular complexity index is 1340. The Morgan fingerprint density at radius 1 is 0.871 bits per heavy atom. The van der Waals surface area contributed by atoms with Gasteiger partial charge in [0.25, 0.3) is 0 Å². The lowest BCUT2D eigenvalue weighted by atomic mass is 10.0. The molecule has 0 saturated heterocycles. The second kappa shape index (κ2) is 8.25. The van der Waals surface area contributed by atoms with Crippen LogP contribution in [0.25, 0.3) is 22.2 Å². The number of aromatic nitrogens is 3. The largest absolute Gasteiger partial charge is 0.340 e. The Labute approximate surface area is 186 Å². The number of halogens is 1. The number of rotatable bonds is 5. The van der Waals surface area contributed by atoms with Gasteiger partial charge in [0.1, 0.15) is 17.8 Å². The Balaban J connectivity index is 1.73. The Hall–Kier alpha value is -3.63. The zero-order valence-electron chi connectivity index (χ0n) is 17.1. The minimum atomic E-state index is 0.677. The van der Waals surface area contributed by atoms with E-state index in [0.29, 0.717) is 5.02 Å². The fourth-order valence-corrected chi connectivity index (χ4v) is 4.19. The van der Waals surface area contributed by atoms with Gasteiger partial charge < -0.3 is 9.88 Å². The molecule has 5 rings (SSSR count). The predicted molar refractivity (Wildman–Crippen MR) is 128 cm³/mol. The Kier molecular flexibility index (Phi) is 5.14. The number of nitrogens with zero attached hydrogens (tertiary/aromatic N) is 3. The molecular weight excluding hydrogens is 404 g/mol. The van der Waals surface area contributed by atoms with E-state index in [-0.39, 0.29) is 0 Å². The number of fused-ring (bicyclic) bond motifs is 1. The lowest BCUT2D eigenvalue weighted by Gasteiger charge is -2.09. The highest BCUT2D eigenvalue weighted by Crippen LogP contribution is 2.38. The lowest BCUT2D eigenvalue weighted by Crippen LogP contribution is -2.03. The molecule has 0 radical (unpaired) electrons. The van der Waals surface area contributed by atoms with Crippen LogP contribution in [0, 0.1) is 6.92 Å². The van der Waals surface area contributed by atoms with E-state index >= 15 is 0 Å². The van der Waals surface area contributed by atoms with Gasteiger partial charge in [-0.05, 0) is 36.2 Å². The van der Waals surface area contributed by atoms with Gasteiger partial charge >= 0.3 is 0 Å². The highest BCUT2D eigenvalue weighted by Gasteiger charge is 2.20. The molecular formula is C26H21ClN4. The van der Waals surface area contributed by atoms with Crippen molar-refractivity contribution >= 4 is 34.1 Å². The van der Waals surface area contributed by atoms with Crippen LogP contribution in [0.3, 0.4) is 0 Å². The summed E-state index contributed by atoms with van der Waals surface area (Å²) < 4.78 is 2.26. The van der Waals surface area contributed by atoms with Gasteiger partial charge in [0.15, 0.2) is 0 Å². The van der Waals surface area contributed by atoms with Gasteiger partial charge in [-0.15, -0.1) is 0 Å². The third kappa shape index (κ3) is 3.78. The van der Waals surface area contributed by atoms with Crippen LogP contribution in [-0.4, -0.2) is 14.5 Å². The molecule has 1 N–H and O–H groups in total. The van der Waals surface area contributed by atoms with E-state index in [2.05, 4.69) is 75.3 Å². The summed E-state index contributed by atoms with van der Waals surface area (Å²) in [5.41, 5.74) is 6.45. The van der Waals surface area contributed by atoms with Crippen molar-refractivity contribution in [1.29, 1.82) is 0 Å². The summed E-state index contributed by atoms with van der Waals surface area (Å²) in [4.78, 5) is 9.29. The van der Waals surface area contributed by atoms with Crippen molar-refractivity contribution in [3.05, 3.63) is 108 Å². The summed E-state index contributed by atoms with van der Waals surface area (Å²) in [5.74, 6) is 0.765. The van der Waals surface area contributed by atoms with Crippen LogP contribution in [-0.2, 0) is 6.54 Å². The monoisotopic (exact) mass is 424 g/mol. The molecule has 4 nitrogen and oxygen atoms in total. The molecule has 0 spiro atoms. The highest BCUT2D eigenvalue weighted by molar-refractivity contribution is 6.30. The molecule has 0 aliphatic carbocycles. The van der Waals surface area contributed by atoms with Gasteiger partial charge in [-0.3, -0.25) is 0 Å². The number of hydrogen-bond donors (Lipinski definition) is 1. The van der Waals surface area contributed by atoms with Gasteiger partial charge in [-0.1, -0.05) is 78.3 Å². The summed E-state index contributed by atoms with van der Waals surface area (Å²) >= 11 is 6.20. The van der Waals surface area contributed by atoms with Gasteiger partial charge in [-0.2, -0.15) is 0 Å². The normalized spacial score (nSPS) is 11.0. The van der Waals surface area contributed by atoms with Gasteiger partial charge in [0, 0.05) is 28.5 Å². The highest BCUT2D eigenvalue weighted by atomic mass is 35.5. The third-order valence-corrected chi connectivity index (χ3v) is 5.67. The molecule has 0 aliphatic heterocycles. The molecule has 5 aromatic rings. The molecule has 2 aromatic heterocycles. The second-order valence-corrected chi connectivity index (χ2v) is 7.89. The van der Waals surface area contributed by atoms with Crippen LogP contribution in [0.5, 0.6) is 0 Å². The van der Waals surface area contributed by atoms with Gasteiger partial charge in [0.2, 0.25) is 0 Å². The Morgan fingerprint density at radius 3 is 2.35 bits per heavy atom. The molecule has 3 aromatic carbocycles. The summed E-state index contributed by atoms with van der Waals surface area (Å²) in [7, 11) is 0. The first-order valence-electron chi connectivity index (χ1n) is 10.2. The fourth-order valence-electron chi connectivity index (χ4n) is 4.00. The van der Waals surface area contributed by atoms with Crippen molar-refractivity contribution in [2.45, 2.75) is 13.5 Å². The van der Waals surface area contributed by atoms with E-state index in [4.69, 9.17) is 11.6 Å². The summed E-state index contributed by atoms with van der Waals surface area (Å²) in [5, 5.41) is 5.13. The van der Waals surface area contributed by atoms with Crippen molar-refractivity contribution in [3.63, 3.8) is 0 Å². The van der Waals surface area contributed by atoms with Crippen molar-refractivity contribution in [1.82, 2.24) is 14.5 Å². The van der Waals surface area contributed by atoms with Crippen molar-refractivity contribution in [2.75, 3.05) is 5.32 Å². The van der Waals surface area contributed by atoms with Crippen molar-refractivity contribution < 1.29 is 0 Å². The molecule has 5 heteroatoms. The molecule has 0 bridgehead atoms. The molecule has 0 aliphatic rings. The van der Waals surface area contributed by atoms with E-state index in [1.807, 2.05) is 36.4 Å². The maximum absolute atomic E-state index is 6.20. The van der Waals surface area contributed by atoms with Crippen LogP contribution in [0.4, 0.5) is 11.5 Å². The molecule has 0 fully saturated rings. The average molecular weight is 425 g/mol. The smallest absolute Gasteiger partial charge is 0.146 e. The first kappa shape index (κ1) is 19.3. The number of hydrogen-bond acceptors (Lipinski definition) is 3. The van der Waals surface area contributed by atoms with E-state index in [1.54, 1.807) is 6.33 Å². The van der Waals surface area contributed by atoms with Crippen LogP contribution >= 0.6 is 11.6 Å². The van der Waals surface area contributed by atoms with E-state index in [0.717, 1.165) is 45.9 Å². The summed E-state index contributed by atoms with van der Waals surface area (Å²) in [6.07, 6.45) is 1.62. The molecule has 0 saturated carbocycles. The number of benzene rings is 3. The number of anilines is 2. The summed E-state index contributed by atoms with van der Waals surface area (Å²) in [6, 6.07) is 28.5. The number of nitrogens with one attached hydrogen (secondary N) is 1. The lowest BCUT2D eigenvalue weighted by molar-refractivity contribution is 0.794. The van der Waals surface area contributed by atoms with E-state index in [1.165, 1.54) is 5.56 Å². The quantitative estimate of drug-likeness (QED) is 0.335. The fraction of sp³-hybridized carbons (Fsp3) is 0.0769. The molecule has 152 valence electrons. The zero-order valence-corrected chi connectivity index (χ0v) is 17.8. The zero-order chi connectivity index (χ0) is 21.2. The van der Waals surface area contributed by atoms with E-state index < -0.39 is 0 Å². The van der Waals surface area contributed by atoms with Crippen molar-refractivity contribution in [3.8, 4) is 11.1 Å². The molecule has 31 heavy (non-hydrogen) atoms. The second-order valence-electron chi connectivity index (χ2n) is 7.45. The first-order chi connectivity index (χ1) is 15.2. The average Bonchev–Trinajstić information content (AvgIpc) is 3.07. The van der Waals surface area contributed by atoms with Crippen LogP contribution in [0.15, 0.2) is 91.3 Å². The van der Waals surface area contributed by atoms with Gasteiger partial charge in [-0.25, -0.2) is 9.97 Å². The van der Waals surface area contributed by atoms with Crippen LogP contribution in [0.1, 0.15) is 11.3 Å². The maximum Gasteiger partial charge on any atom is 0.146 e. The molecule has 2 heterocycles. The predicted octanol–water partition coefficient (Wildman–Crippen LogP) is 6.85. The van der Waals surface area contributed by atoms with Crippen LogP contribution in [0.2, 0.25) is 5.02 Å². The first-order valence-corrected chi connectivity index (χ1v) is 10.5. The third-order valence-electron chi connectivity index (χ3n) is 5.43. The summed E-state index contributed by atoms with van der Waals surface area (Å²) in [6.45, 7) is 2.89. The Morgan fingerprint density at radius 2 is 1.61 bits per heavy atom. The standard InChI is InChI=1S/C26H21ClN4/c1-18-23(20-11-6-3-7-12-20)24-25(30-22-14-8-13-21(27)15-22)28-17-29-26(24)31(18)16-19-9-4-2-5-10-19/h2-15,17H,16H2,1H3,(H,28,29,30). The molecule has 0 atom stereocenters. The molecule has 0 amide bonds.